The van der Waals surface area contributed by atoms with E-state index in [-0.39, 0.29) is 5.56 Å². The van der Waals surface area contributed by atoms with Crippen LogP contribution in [0, 0.1) is 0 Å². The van der Waals surface area contributed by atoms with Crippen molar-refractivity contribution in [3.8, 4) is 0 Å². The number of carbonyl (C=O) groups is 2. The largest absolute Gasteiger partial charge is 0.527 e. The first-order chi connectivity index (χ1) is 8.62. The van der Waals surface area contributed by atoms with Crippen molar-refractivity contribution in [3.05, 3.63) is 35.9 Å². The molecule has 1 rings (SSSR count). The second kappa shape index (κ2) is 5.43. The lowest BCUT2D eigenvalue weighted by atomic mass is 10.1. The molecule has 8 heteroatoms. The third-order valence-electron chi connectivity index (χ3n) is 1.99. The Kier molecular flexibility index (Phi) is 4.35. The van der Waals surface area contributed by atoms with Crippen LogP contribution in [-0.2, 0) is 9.53 Å². The van der Waals surface area contributed by atoms with Gasteiger partial charge in [0.25, 0.3) is 0 Å². The molecular formula is C11H7F5O3. The molecule has 0 saturated carbocycles. The first-order valence-corrected chi connectivity index (χ1v) is 4.88. The van der Waals surface area contributed by atoms with E-state index in [9.17, 15) is 31.5 Å². The molecular weight excluding hydrogens is 275 g/mol. The number of Topliss-reactive ketones (excluding diaryl/α,β-unsaturated/α-hetero) is 2. The molecule has 19 heavy (non-hydrogen) atoms. The second-order valence-electron chi connectivity index (χ2n) is 3.45. The average Bonchev–Trinajstić information content (AvgIpc) is 2.26. The molecule has 1 aromatic carbocycles. The SMILES string of the molecule is O=C(CC(=O)C(F)(F)OC(F)(F)F)c1ccccc1. The van der Waals surface area contributed by atoms with Crippen LogP contribution in [0.5, 0.6) is 0 Å². The smallest absolute Gasteiger partial charge is 0.294 e. The van der Waals surface area contributed by atoms with Crippen LogP contribution >= 0.6 is 0 Å². The van der Waals surface area contributed by atoms with Crippen molar-refractivity contribution in [1.82, 2.24) is 0 Å². The molecule has 0 amide bonds. The van der Waals surface area contributed by atoms with E-state index >= 15 is 0 Å². The van der Waals surface area contributed by atoms with Gasteiger partial charge in [-0.25, -0.2) is 4.74 Å². The molecule has 0 unspecified atom stereocenters. The highest BCUT2D eigenvalue weighted by Crippen LogP contribution is 2.29. The van der Waals surface area contributed by atoms with Crippen molar-refractivity contribution in [2.75, 3.05) is 0 Å². The standard InChI is InChI=1S/C11H7F5O3/c12-10(13,19-11(14,15)16)9(18)6-8(17)7-4-2-1-3-5-7/h1-5H,6H2. The first kappa shape index (κ1) is 15.2. The number of ketones is 2. The fourth-order valence-corrected chi connectivity index (χ4v) is 1.18. The van der Waals surface area contributed by atoms with Gasteiger partial charge in [-0.05, 0) is 0 Å². The number of carbonyl (C=O) groups excluding carboxylic acids is 2. The van der Waals surface area contributed by atoms with E-state index in [4.69, 9.17) is 0 Å². The van der Waals surface area contributed by atoms with Gasteiger partial charge in [0, 0.05) is 5.56 Å². The molecule has 0 fully saturated rings. The summed E-state index contributed by atoms with van der Waals surface area (Å²) in [7, 11) is 0. The van der Waals surface area contributed by atoms with Gasteiger partial charge < -0.3 is 0 Å². The molecule has 0 heterocycles. The highest BCUT2D eigenvalue weighted by atomic mass is 19.4. The summed E-state index contributed by atoms with van der Waals surface area (Å²) in [5.41, 5.74) is -0.0568. The van der Waals surface area contributed by atoms with Gasteiger partial charge in [0.15, 0.2) is 5.78 Å². The van der Waals surface area contributed by atoms with Crippen molar-refractivity contribution in [1.29, 1.82) is 0 Å². The number of halogens is 5. The third-order valence-corrected chi connectivity index (χ3v) is 1.99. The van der Waals surface area contributed by atoms with E-state index in [0.29, 0.717) is 0 Å². The number of ether oxygens (including phenoxy) is 1. The van der Waals surface area contributed by atoms with Crippen molar-refractivity contribution in [3.63, 3.8) is 0 Å². The van der Waals surface area contributed by atoms with Crippen molar-refractivity contribution < 1.29 is 36.3 Å². The lowest BCUT2D eigenvalue weighted by Gasteiger charge is -2.16. The highest BCUT2D eigenvalue weighted by molar-refractivity contribution is 6.09. The van der Waals surface area contributed by atoms with Gasteiger partial charge in [-0.2, -0.15) is 8.78 Å². The Morgan fingerprint density at radius 2 is 1.53 bits per heavy atom. The molecule has 0 aliphatic rings. The van der Waals surface area contributed by atoms with Gasteiger partial charge in [0.2, 0.25) is 5.78 Å². The minimum atomic E-state index is -5.67. The van der Waals surface area contributed by atoms with Gasteiger partial charge in [-0.15, -0.1) is 13.2 Å². The Balaban J connectivity index is 2.72. The normalized spacial score (nSPS) is 12.3. The summed E-state index contributed by atoms with van der Waals surface area (Å²) in [6.07, 6.45) is -12.1. The van der Waals surface area contributed by atoms with E-state index < -0.39 is 30.5 Å². The Morgan fingerprint density at radius 1 is 1.00 bits per heavy atom. The summed E-state index contributed by atoms with van der Waals surface area (Å²) >= 11 is 0. The summed E-state index contributed by atoms with van der Waals surface area (Å²) < 4.78 is 62.8. The van der Waals surface area contributed by atoms with Crippen molar-refractivity contribution in [2.45, 2.75) is 18.9 Å². The topological polar surface area (TPSA) is 43.4 Å². The van der Waals surface area contributed by atoms with Crippen molar-refractivity contribution >= 4 is 11.6 Å². The molecule has 0 aliphatic heterocycles. The van der Waals surface area contributed by atoms with E-state index in [1.807, 2.05) is 0 Å². The fraction of sp³-hybridized carbons (Fsp3) is 0.273. The highest BCUT2D eigenvalue weighted by Gasteiger charge is 2.50. The third kappa shape index (κ3) is 4.74. The lowest BCUT2D eigenvalue weighted by molar-refractivity contribution is -0.409. The summed E-state index contributed by atoms with van der Waals surface area (Å²) in [5, 5.41) is 0. The van der Waals surface area contributed by atoms with Crippen LogP contribution in [0.2, 0.25) is 0 Å². The average molecular weight is 282 g/mol. The maximum Gasteiger partial charge on any atom is 0.527 e. The molecule has 0 saturated heterocycles. The molecule has 0 radical (unpaired) electrons. The number of rotatable bonds is 5. The number of alkyl halides is 5. The van der Waals surface area contributed by atoms with Gasteiger partial charge in [-0.3, -0.25) is 9.59 Å². The van der Waals surface area contributed by atoms with Crippen LogP contribution in [0.25, 0.3) is 0 Å². The maximum absolute atomic E-state index is 12.7. The van der Waals surface area contributed by atoms with E-state index in [1.54, 1.807) is 6.07 Å². The van der Waals surface area contributed by atoms with E-state index in [1.165, 1.54) is 24.3 Å². The van der Waals surface area contributed by atoms with Crippen LogP contribution in [0.1, 0.15) is 16.8 Å². The summed E-state index contributed by atoms with van der Waals surface area (Å²) in [6.45, 7) is 0. The van der Waals surface area contributed by atoms with Crippen LogP contribution in [-0.4, -0.2) is 24.0 Å². The van der Waals surface area contributed by atoms with Crippen LogP contribution < -0.4 is 0 Å². The van der Waals surface area contributed by atoms with Gasteiger partial charge >= 0.3 is 12.5 Å². The Bertz CT molecular complexity index is 467. The van der Waals surface area contributed by atoms with Crippen LogP contribution in [0.15, 0.2) is 30.3 Å². The number of hydrogen-bond donors (Lipinski definition) is 0. The van der Waals surface area contributed by atoms with Crippen molar-refractivity contribution in [2.24, 2.45) is 0 Å². The molecule has 3 nitrogen and oxygen atoms in total. The summed E-state index contributed by atoms with van der Waals surface area (Å²) in [6, 6.07) is 6.88. The number of benzene rings is 1. The predicted octanol–water partition coefficient (Wildman–Crippen LogP) is 2.96. The van der Waals surface area contributed by atoms with Gasteiger partial charge in [-0.1, -0.05) is 30.3 Å². The zero-order valence-electron chi connectivity index (χ0n) is 9.21. The molecule has 0 atom stereocenters. The summed E-state index contributed by atoms with van der Waals surface area (Å²) in [4.78, 5) is 22.3. The van der Waals surface area contributed by atoms with Crippen LogP contribution in [0.4, 0.5) is 22.0 Å². The Morgan fingerprint density at radius 3 is 2.00 bits per heavy atom. The fourth-order valence-electron chi connectivity index (χ4n) is 1.18. The van der Waals surface area contributed by atoms with E-state index in [2.05, 4.69) is 4.74 Å². The zero-order valence-corrected chi connectivity index (χ0v) is 9.21. The molecule has 0 aromatic heterocycles. The maximum atomic E-state index is 12.7. The first-order valence-electron chi connectivity index (χ1n) is 4.88. The Hall–Kier alpha value is -1.83. The van der Waals surface area contributed by atoms with Gasteiger partial charge in [0.1, 0.15) is 0 Å². The predicted molar refractivity (Wildman–Crippen MR) is 52.5 cm³/mol. The van der Waals surface area contributed by atoms with Gasteiger partial charge in [0.05, 0.1) is 6.42 Å². The van der Waals surface area contributed by atoms with E-state index in [0.717, 1.165) is 0 Å². The van der Waals surface area contributed by atoms with Crippen LogP contribution in [0.3, 0.4) is 0 Å². The summed E-state index contributed by atoms with van der Waals surface area (Å²) in [5.74, 6) is -3.27. The monoisotopic (exact) mass is 282 g/mol. The minimum absolute atomic E-state index is 0.0568. The molecule has 0 aliphatic carbocycles. The molecule has 0 N–H and O–H groups in total. The lowest BCUT2D eigenvalue weighted by Crippen LogP contribution is -2.38. The molecule has 0 spiro atoms. The number of hydrogen-bond acceptors (Lipinski definition) is 3. The second-order valence-corrected chi connectivity index (χ2v) is 3.45. The zero-order chi connectivity index (χ0) is 14.7. The molecule has 104 valence electrons. The quantitative estimate of drug-likeness (QED) is 0.474. The Labute approximate surface area is 104 Å². The molecule has 1 aromatic rings. The molecule has 0 bridgehead atoms. The minimum Gasteiger partial charge on any atom is -0.294 e.